The Morgan fingerprint density at radius 3 is 2.57 bits per heavy atom. The molecular weight excluding hydrogens is 397 g/mol. The molecule has 2 rings (SSSR count). The summed E-state index contributed by atoms with van der Waals surface area (Å²) >= 11 is 5.82. The number of ether oxygens (including phenoxy) is 1. The number of hydrogen-bond acceptors (Lipinski definition) is 2. The average Bonchev–Trinajstić information content (AvgIpc) is 2.70. The minimum atomic E-state index is -0.361. The van der Waals surface area contributed by atoms with E-state index in [9.17, 15) is 4.39 Å². The molecule has 2 aromatic rings. The summed E-state index contributed by atoms with van der Waals surface area (Å²) in [7, 11) is 0. The molecule has 3 unspecified atom stereocenters. The van der Waals surface area contributed by atoms with E-state index in [0.717, 1.165) is 31.4 Å². The number of allylic oxidation sites excluding steroid dienone is 1. The molecule has 164 valence electrons. The zero-order valence-electron chi connectivity index (χ0n) is 18.8. The molecule has 0 bridgehead atoms. The topological polar surface area (TPSA) is 22.1 Å². The molecule has 0 aliphatic heterocycles. The number of benzene rings is 1. The first-order chi connectivity index (χ1) is 14.3. The first-order valence-electron chi connectivity index (χ1n) is 11.0. The summed E-state index contributed by atoms with van der Waals surface area (Å²) in [6.07, 6.45) is 5.58. The predicted molar refractivity (Wildman–Crippen MR) is 125 cm³/mol. The molecule has 3 atom stereocenters. The Balaban J connectivity index is 2.01. The zero-order chi connectivity index (χ0) is 22.1. The third kappa shape index (κ3) is 7.75. The van der Waals surface area contributed by atoms with E-state index in [2.05, 4.69) is 40.3 Å². The van der Waals surface area contributed by atoms with Crippen LogP contribution < -0.4 is 4.74 Å². The van der Waals surface area contributed by atoms with Gasteiger partial charge in [0.15, 0.2) is 0 Å². The summed E-state index contributed by atoms with van der Waals surface area (Å²) < 4.78 is 19.8. The second kappa shape index (κ2) is 12.1. The van der Waals surface area contributed by atoms with Crippen LogP contribution in [-0.2, 0) is 6.61 Å². The van der Waals surface area contributed by atoms with Crippen molar-refractivity contribution in [1.29, 1.82) is 0 Å². The highest BCUT2D eigenvalue weighted by molar-refractivity contribution is 6.30. The molecule has 0 amide bonds. The third-order valence-electron chi connectivity index (χ3n) is 5.80. The third-order valence-corrected chi connectivity index (χ3v) is 6.04. The van der Waals surface area contributed by atoms with Crippen LogP contribution in [0.1, 0.15) is 77.0 Å². The van der Waals surface area contributed by atoms with Gasteiger partial charge in [-0.3, -0.25) is 0 Å². The van der Waals surface area contributed by atoms with Crippen molar-refractivity contribution < 1.29 is 9.13 Å². The quantitative estimate of drug-likeness (QED) is 0.315. The SMILES string of the molecule is C=C(C)CC(C)C(C)CCC(CCC)c1cccc(OCc2ccc(Cl)cc2F)n1. The van der Waals surface area contributed by atoms with Crippen LogP contribution in [0.3, 0.4) is 0 Å². The van der Waals surface area contributed by atoms with E-state index >= 15 is 0 Å². The molecular formula is C26H35ClFNO. The van der Waals surface area contributed by atoms with Gasteiger partial charge in [-0.1, -0.05) is 56.5 Å². The lowest BCUT2D eigenvalue weighted by Crippen LogP contribution is -2.11. The molecule has 30 heavy (non-hydrogen) atoms. The summed E-state index contributed by atoms with van der Waals surface area (Å²) in [5.41, 5.74) is 2.78. The second-order valence-electron chi connectivity index (χ2n) is 8.60. The van der Waals surface area contributed by atoms with E-state index in [-0.39, 0.29) is 12.4 Å². The van der Waals surface area contributed by atoms with Crippen molar-refractivity contribution in [3.8, 4) is 5.88 Å². The smallest absolute Gasteiger partial charge is 0.213 e. The number of nitrogens with zero attached hydrogens (tertiary/aromatic N) is 1. The zero-order valence-corrected chi connectivity index (χ0v) is 19.5. The fraction of sp³-hybridized carbons (Fsp3) is 0.500. The summed E-state index contributed by atoms with van der Waals surface area (Å²) in [6, 6.07) is 10.5. The van der Waals surface area contributed by atoms with Crippen LogP contribution in [0, 0.1) is 17.7 Å². The molecule has 4 heteroatoms. The number of halogens is 2. The molecule has 0 fully saturated rings. The van der Waals surface area contributed by atoms with Crippen molar-refractivity contribution in [2.75, 3.05) is 0 Å². The number of aromatic nitrogens is 1. The maximum absolute atomic E-state index is 14.0. The monoisotopic (exact) mass is 431 g/mol. The fourth-order valence-electron chi connectivity index (χ4n) is 3.82. The van der Waals surface area contributed by atoms with Gasteiger partial charge >= 0.3 is 0 Å². The molecule has 0 aliphatic rings. The van der Waals surface area contributed by atoms with Gasteiger partial charge in [-0.05, 0) is 62.6 Å². The molecule has 1 aromatic heterocycles. The molecule has 1 aromatic carbocycles. The lowest BCUT2D eigenvalue weighted by molar-refractivity contribution is 0.285. The summed E-state index contributed by atoms with van der Waals surface area (Å²) in [5, 5.41) is 0.380. The highest BCUT2D eigenvalue weighted by Gasteiger charge is 2.18. The Labute approximate surface area is 186 Å². The van der Waals surface area contributed by atoms with Crippen LogP contribution in [0.5, 0.6) is 5.88 Å². The van der Waals surface area contributed by atoms with E-state index in [0.29, 0.717) is 34.2 Å². The Morgan fingerprint density at radius 1 is 1.13 bits per heavy atom. The van der Waals surface area contributed by atoms with Crippen LogP contribution in [-0.4, -0.2) is 4.98 Å². The molecule has 0 spiro atoms. The van der Waals surface area contributed by atoms with Crippen LogP contribution in [0.15, 0.2) is 48.6 Å². The van der Waals surface area contributed by atoms with E-state index < -0.39 is 0 Å². The van der Waals surface area contributed by atoms with Crippen LogP contribution in [0.4, 0.5) is 4.39 Å². The summed E-state index contributed by atoms with van der Waals surface area (Å²) in [4.78, 5) is 4.74. The minimum Gasteiger partial charge on any atom is -0.473 e. The predicted octanol–water partition coefficient (Wildman–Crippen LogP) is 8.36. The van der Waals surface area contributed by atoms with Gasteiger partial charge in [-0.2, -0.15) is 0 Å². The minimum absolute atomic E-state index is 0.132. The van der Waals surface area contributed by atoms with Crippen molar-refractivity contribution in [3.63, 3.8) is 0 Å². The molecule has 0 saturated carbocycles. The van der Waals surface area contributed by atoms with Gasteiger partial charge in [0.1, 0.15) is 12.4 Å². The van der Waals surface area contributed by atoms with Crippen LogP contribution >= 0.6 is 11.6 Å². The van der Waals surface area contributed by atoms with Gasteiger partial charge in [0.2, 0.25) is 5.88 Å². The number of hydrogen-bond donors (Lipinski definition) is 0. The number of rotatable bonds is 12. The van der Waals surface area contributed by atoms with Gasteiger partial charge in [-0.25, -0.2) is 9.37 Å². The Morgan fingerprint density at radius 2 is 1.90 bits per heavy atom. The van der Waals surface area contributed by atoms with E-state index in [4.69, 9.17) is 21.3 Å². The maximum Gasteiger partial charge on any atom is 0.213 e. The van der Waals surface area contributed by atoms with Crippen LogP contribution in [0.2, 0.25) is 5.02 Å². The highest BCUT2D eigenvalue weighted by Crippen LogP contribution is 2.31. The van der Waals surface area contributed by atoms with Crippen molar-refractivity contribution in [2.45, 2.75) is 72.3 Å². The van der Waals surface area contributed by atoms with E-state index in [1.807, 2.05) is 12.1 Å². The van der Waals surface area contributed by atoms with Crippen molar-refractivity contribution in [3.05, 3.63) is 70.6 Å². The van der Waals surface area contributed by atoms with Crippen molar-refractivity contribution >= 4 is 11.6 Å². The standard InChI is InChI=1S/C26H35ClFNO/c1-6-8-21(12-11-19(4)20(5)15-18(2)3)25-9-7-10-26(29-25)30-17-22-13-14-23(27)16-24(22)28/h7,9-10,13-14,16,19-21H,2,6,8,11-12,15,17H2,1,3-5H3. The second-order valence-corrected chi connectivity index (χ2v) is 9.04. The van der Waals surface area contributed by atoms with Crippen molar-refractivity contribution in [2.24, 2.45) is 11.8 Å². The normalized spacial score (nSPS) is 14.2. The molecule has 2 nitrogen and oxygen atoms in total. The molecule has 1 heterocycles. The lowest BCUT2D eigenvalue weighted by Gasteiger charge is -2.23. The van der Waals surface area contributed by atoms with Gasteiger partial charge in [-0.15, -0.1) is 6.58 Å². The van der Waals surface area contributed by atoms with Gasteiger partial charge in [0.25, 0.3) is 0 Å². The Kier molecular flexibility index (Phi) is 9.84. The average molecular weight is 432 g/mol. The van der Waals surface area contributed by atoms with Crippen molar-refractivity contribution in [1.82, 2.24) is 4.98 Å². The molecule has 0 aliphatic carbocycles. The van der Waals surface area contributed by atoms with Crippen LogP contribution in [0.25, 0.3) is 0 Å². The lowest BCUT2D eigenvalue weighted by atomic mass is 9.83. The Hall–Kier alpha value is -1.87. The van der Waals surface area contributed by atoms with Gasteiger partial charge in [0, 0.05) is 28.3 Å². The molecule has 0 radical (unpaired) electrons. The first kappa shape index (κ1) is 24.4. The van der Waals surface area contributed by atoms with Gasteiger partial charge in [0.05, 0.1) is 0 Å². The first-order valence-corrected chi connectivity index (χ1v) is 11.4. The largest absolute Gasteiger partial charge is 0.473 e. The van der Waals surface area contributed by atoms with Gasteiger partial charge < -0.3 is 4.74 Å². The molecule has 0 N–H and O–H groups in total. The van der Waals surface area contributed by atoms with E-state index in [1.54, 1.807) is 12.1 Å². The maximum atomic E-state index is 14.0. The number of pyridine rings is 1. The fourth-order valence-corrected chi connectivity index (χ4v) is 3.98. The molecule has 0 saturated heterocycles. The highest BCUT2D eigenvalue weighted by atomic mass is 35.5. The Bertz CT molecular complexity index is 822. The van der Waals surface area contributed by atoms with E-state index in [1.165, 1.54) is 18.1 Å². The summed E-state index contributed by atoms with van der Waals surface area (Å²) in [6.45, 7) is 13.2. The summed E-state index contributed by atoms with van der Waals surface area (Å²) in [5.74, 6) is 1.87.